The highest BCUT2D eigenvalue weighted by atomic mass is 16.3. The number of carbonyl (C=O) groups excluding carboxylic acids is 1. The van der Waals surface area contributed by atoms with Crippen LogP contribution in [0.4, 0.5) is 5.69 Å². The Balaban J connectivity index is 2.04. The molecule has 0 unspecified atom stereocenters. The number of nitrogens with zero attached hydrogens (tertiary/aromatic N) is 2. The Labute approximate surface area is 135 Å². The van der Waals surface area contributed by atoms with E-state index in [9.17, 15) is 19.5 Å². The molecule has 0 aliphatic carbocycles. The van der Waals surface area contributed by atoms with Gasteiger partial charge in [-0.05, 0) is 32.1 Å². The number of benzene rings is 1. The lowest BCUT2D eigenvalue weighted by atomic mass is 10.1. The van der Waals surface area contributed by atoms with Gasteiger partial charge in [0.15, 0.2) is 0 Å². The van der Waals surface area contributed by atoms with Crippen LogP contribution in [0.15, 0.2) is 44.5 Å². The molecule has 1 aromatic heterocycles. The van der Waals surface area contributed by atoms with Crippen LogP contribution in [0, 0.1) is 6.92 Å². The number of rotatable bonds is 2. The molecule has 0 atom stereocenters. The van der Waals surface area contributed by atoms with Crippen molar-refractivity contribution < 1.29 is 9.90 Å². The van der Waals surface area contributed by atoms with Crippen molar-refractivity contribution in [3.63, 3.8) is 0 Å². The van der Waals surface area contributed by atoms with Crippen molar-refractivity contribution in [1.82, 2.24) is 9.97 Å². The van der Waals surface area contributed by atoms with Gasteiger partial charge in [-0.1, -0.05) is 17.7 Å². The molecular weight excluding hydrogens is 312 g/mol. The molecule has 0 saturated heterocycles. The first kappa shape index (κ1) is 15.5. The minimum atomic E-state index is -0.830. The van der Waals surface area contributed by atoms with Gasteiger partial charge in [-0.3, -0.25) is 19.6 Å². The van der Waals surface area contributed by atoms with E-state index in [-0.39, 0.29) is 11.1 Å². The number of nitrogens with one attached hydrogen (secondary N) is 2. The van der Waals surface area contributed by atoms with E-state index < -0.39 is 23.0 Å². The van der Waals surface area contributed by atoms with E-state index in [4.69, 9.17) is 0 Å². The summed E-state index contributed by atoms with van der Waals surface area (Å²) in [6.45, 7) is 3.55. The summed E-state index contributed by atoms with van der Waals surface area (Å²) in [4.78, 5) is 39.5. The first-order valence-corrected chi connectivity index (χ1v) is 7.11. The van der Waals surface area contributed by atoms with E-state index in [1.54, 1.807) is 19.1 Å². The number of hydrazone groups is 1. The summed E-state index contributed by atoms with van der Waals surface area (Å²) in [5.41, 5.74) is 0.356. The zero-order valence-electron chi connectivity index (χ0n) is 13.0. The summed E-state index contributed by atoms with van der Waals surface area (Å²) in [6, 6.07) is 7.23. The zero-order valence-corrected chi connectivity index (χ0v) is 13.0. The number of anilines is 1. The SMILES string of the molecule is CC1=NN(c2ccc(C)cc2)C(=O)/C1=C/c1c(O)[nH]c(=O)[nH]c1=O. The Bertz CT molecular complexity index is 996. The molecule has 0 saturated carbocycles. The largest absolute Gasteiger partial charge is 0.494 e. The maximum absolute atomic E-state index is 12.6. The molecule has 8 heteroatoms. The summed E-state index contributed by atoms with van der Waals surface area (Å²) in [5, 5.41) is 15.1. The molecule has 1 aliphatic rings. The molecule has 0 fully saturated rings. The Morgan fingerprint density at radius 2 is 1.75 bits per heavy atom. The Morgan fingerprint density at radius 1 is 1.08 bits per heavy atom. The molecule has 1 aliphatic heterocycles. The molecule has 1 aromatic carbocycles. The van der Waals surface area contributed by atoms with Gasteiger partial charge in [0.25, 0.3) is 11.5 Å². The molecule has 2 aromatic rings. The van der Waals surface area contributed by atoms with Crippen LogP contribution in [0.2, 0.25) is 0 Å². The van der Waals surface area contributed by atoms with Crippen molar-refractivity contribution in [3.8, 4) is 5.88 Å². The molecular formula is C16H14N4O4. The lowest BCUT2D eigenvalue weighted by Crippen LogP contribution is -2.25. The normalized spacial score (nSPS) is 15.9. The number of H-pyrrole nitrogens is 2. The lowest BCUT2D eigenvalue weighted by molar-refractivity contribution is -0.114. The summed E-state index contributed by atoms with van der Waals surface area (Å²) in [7, 11) is 0. The fraction of sp³-hybridized carbons (Fsp3) is 0.125. The third-order valence-electron chi connectivity index (χ3n) is 3.59. The number of aromatic hydroxyl groups is 1. The second-order valence-electron chi connectivity index (χ2n) is 5.37. The molecule has 8 nitrogen and oxygen atoms in total. The van der Waals surface area contributed by atoms with Crippen molar-refractivity contribution >= 4 is 23.4 Å². The fourth-order valence-corrected chi connectivity index (χ4v) is 2.31. The van der Waals surface area contributed by atoms with Gasteiger partial charge in [-0.15, -0.1) is 0 Å². The number of aromatic amines is 2. The molecule has 0 spiro atoms. The van der Waals surface area contributed by atoms with Crippen LogP contribution in [0.25, 0.3) is 6.08 Å². The van der Waals surface area contributed by atoms with E-state index in [1.807, 2.05) is 24.0 Å². The Kier molecular flexibility index (Phi) is 3.64. The minimum Gasteiger partial charge on any atom is -0.494 e. The van der Waals surface area contributed by atoms with Gasteiger partial charge in [0, 0.05) is 0 Å². The number of carbonyl (C=O) groups is 1. The van der Waals surface area contributed by atoms with Gasteiger partial charge in [0.05, 0.1) is 17.0 Å². The number of hydrogen-bond donors (Lipinski definition) is 3. The molecule has 0 bridgehead atoms. The van der Waals surface area contributed by atoms with Crippen LogP contribution >= 0.6 is 0 Å². The predicted molar refractivity (Wildman–Crippen MR) is 89.1 cm³/mol. The molecule has 3 rings (SSSR count). The highest BCUT2D eigenvalue weighted by Crippen LogP contribution is 2.25. The molecule has 3 N–H and O–H groups in total. The van der Waals surface area contributed by atoms with Crippen molar-refractivity contribution in [3.05, 3.63) is 61.8 Å². The van der Waals surface area contributed by atoms with E-state index in [2.05, 4.69) is 10.1 Å². The topological polar surface area (TPSA) is 119 Å². The van der Waals surface area contributed by atoms with Crippen molar-refractivity contribution in [2.75, 3.05) is 5.01 Å². The third-order valence-corrected chi connectivity index (χ3v) is 3.59. The third kappa shape index (κ3) is 2.65. The summed E-state index contributed by atoms with van der Waals surface area (Å²) in [6.07, 6.45) is 1.21. The second-order valence-corrected chi connectivity index (χ2v) is 5.37. The standard InChI is InChI=1S/C16H14N4O4/c1-8-3-5-10(6-4-8)20-15(23)11(9(2)19-20)7-12-13(21)17-16(24)18-14(12)22/h3-7H,1-2H3,(H3,17,18,21,22,24)/b11-7+. The summed E-state index contributed by atoms with van der Waals surface area (Å²) in [5.74, 6) is -1.04. The summed E-state index contributed by atoms with van der Waals surface area (Å²) < 4.78 is 0. The van der Waals surface area contributed by atoms with E-state index >= 15 is 0 Å². The van der Waals surface area contributed by atoms with Crippen LogP contribution in [-0.2, 0) is 4.79 Å². The highest BCUT2D eigenvalue weighted by molar-refractivity contribution is 6.32. The smallest absolute Gasteiger partial charge is 0.328 e. The quantitative estimate of drug-likeness (QED) is 0.710. The average Bonchev–Trinajstić information content (AvgIpc) is 2.79. The van der Waals surface area contributed by atoms with Crippen LogP contribution < -0.4 is 16.3 Å². The fourth-order valence-electron chi connectivity index (χ4n) is 2.31. The van der Waals surface area contributed by atoms with Gasteiger partial charge in [-0.25, -0.2) is 4.79 Å². The first-order chi connectivity index (χ1) is 11.4. The van der Waals surface area contributed by atoms with Crippen molar-refractivity contribution in [2.45, 2.75) is 13.8 Å². The van der Waals surface area contributed by atoms with Gasteiger partial charge in [0.1, 0.15) is 5.56 Å². The van der Waals surface area contributed by atoms with Crippen molar-refractivity contribution in [1.29, 1.82) is 0 Å². The van der Waals surface area contributed by atoms with E-state index in [0.717, 1.165) is 5.56 Å². The van der Waals surface area contributed by atoms with Gasteiger partial charge < -0.3 is 5.11 Å². The number of amides is 1. The second kappa shape index (κ2) is 5.65. The average molecular weight is 326 g/mol. The molecule has 2 heterocycles. The maximum atomic E-state index is 12.6. The zero-order chi connectivity index (χ0) is 17.4. The lowest BCUT2D eigenvalue weighted by Gasteiger charge is -2.11. The van der Waals surface area contributed by atoms with Gasteiger partial charge in [0.2, 0.25) is 5.88 Å². The monoisotopic (exact) mass is 326 g/mol. The summed E-state index contributed by atoms with van der Waals surface area (Å²) >= 11 is 0. The molecule has 0 radical (unpaired) electrons. The van der Waals surface area contributed by atoms with Crippen LogP contribution in [0.1, 0.15) is 18.1 Å². The van der Waals surface area contributed by atoms with Crippen molar-refractivity contribution in [2.24, 2.45) is 5.10 Å². The maximum Gasteiger partial charge on any atom is 0.328 e. The van der Waals surface area contributed by atoms with Crippen LogP contribution in [0.5, 0.6) is 5.88 Å². The van der Waals surface area contributed by atoms with Crippen LogP contribution in [0.3, 0.4) is 0 Å². The molecule has 122 valence electrons. The first-order valence-electron chi connectivity index (χ1n) is 7.11. The van der Waals surface area contributed by atoms with Crippen LogP contribution in [-0.4, -0.2) is 26.7 Å². The Morgan fingerprint density at radius 3 is 2.38 bits per heavy atom. The molecule has 1 amide bonds. The Hall–Kier alpha value is -3.42. The van der Waals surface area contributed by atoms with Gasteiger partial charge >= 0.3 is 5.69 Å². The number of aryl methyl sites for hydroxylation is 1. The highest BCUT2D eigenvalue weighted by Gasteiger charge is 2.29. The van der Waals surface area contributed by atoms with Gasteiger partial charge in [-0.2, -0.15) is 10.1 Å². The molecule has 24 heavy (non-hydrogen) atoms. The number of aromatic nitrogens is 2. The minimum absolute atomic E-state index is 0.156. The van der Waals surface area contributed by atoms with E-state index in [0.29, 0.717) is 11.4 Å². The predicted octanol–water partition coefficient (Wildman–Crippen LogP) is 0.883. The van der Waals surface area contributed by atoms with E-state index in [1.165, 1.54) is 11.1 Å². The number of hydrogen-bond acceptors (Lipinski definition) is 5.